The normalized spacial score (nSPS) is 15.4. The maximum absolute atomic E-state index is 13.5. The van der Waals surface area contributed by atoms with Crippen LogP contribution in [0.5, 0.6) is 0 Å². The summed E-state index contributed by atoms with van der Waals surface area (Å²) in [7, 11) is 1.15. The van der Waals surface area contributed by atoms with Crippen molar-refractivity contribution in [2.75, 3.05) is 12.0 Å². The average Bonchev–Trinajstić information content (AvgIpc) is 2.96. The highest BCUT2D eigenvalue weighted by Gasteiger charge is 2.43. The molecule has 42 heavy (non-hydrogen) atoms. The number of aromatic nitrogens is 1. The molecule has 2 aromatic carbocycles. The van der Waals surface area contributed by atoms with Crippen LogP contribution < -0.4 is 15.2 Å². The number of pyridine rings is 1. The number of carbonyl (C=O) groups excluding carboxylic acids is 2. The number of nitrogens with two attached hydrogens (primary N) is 1. The molecule has 1 atom stereocenters. The number of rotatable bonds is 7. The minimum Gasteiger partial charge on any atom is -0.466 e. The van der Waals surface area contributed by atoms with Crippen molar-refractivity contribution in [2.24, 2.45) is 5.73 Å². The number of allylic oxidation sites excluding steroid dienone is 1. The smallest absolute Gasteiger partial charge is 0.416 e. The first kappa shape index (κ1) is 29.8. The first-order chi connectivity index (χ1) is 20.0. The minimum absolute atomic E-state index is 0.0179. The summed E-state index contributed by atoms with van der Waals surface area (Å²) < 4.78 is 47.5. The Labute approximate surface area is 240 Å². The predicted molar refractivity (Wildman–Crippen MR) is 147 cm³/mol. The second kappa shape index (κ2) is 12.1. The second-order valence-corrected chi connectivity index (χ2v) is 9.58. The van der Waals surface area contributed by atoms with E-state index in [-0.39, 0.29) is 23.4 Å². The molecule has 216 valence electrons. The fraction of sp³-hybridized carbons (Fsp3) is 0.233. The van der Waals surface area contributed by atoms with Gasteiger partial charge in [-0.15, -0.1) is 0 Å². The summed E-state index contributed by atoms with van der Waals surface area (Å²) in [6.45, 7) is 2.04. The molecule has 3 N–H and O–H groups in total. The van der Waals surface area contributed by atoms with Gasteiger partial charge in [0.05, 0.1) is 35.9 Å². The summed E-state index contributed by atoms with van der Waals surface area (Å²) in [5.41, 5.74) is 6.64. The number of halogens is 3. The zero-order valence-corrected chi connectivity index (χ0v) is 22.9. The van der Waals surface area contributed by atoms with Gasteiger partial charge in [-0.2, -0.15) is 18.4 Å². The first-order valence-electron chi connectivity index (χ1n) is 12.9. The van der Waals surface area contributed by atoms with Crippen LogP contribution in [0.15, 0.2) is 84.3 Å². The van der Waals surface area contributed by atoms with Crippen molar-refractivity contribution in [2.45, 2.75) is 38.5 Å². The molecule has 1 unspecified atom stereocenters. The Morgan fingerprint density at radius 3 is 2.43 bits per heavy atom. The number of aryl methyl sites for hydroxylation is 2. The van der Waals surface area contributed by atoms with Crippen molar-refractivity contribution in [3.05, 3.63) is 107 Å². The Balaban J connectivity index is 1.82. The lowest BCUT2D eigenvalue weighted by molar-refractivity contribution is -0.696. The van der Waals surface area contributed by atoms with Gasteiger partial charge in [0, 0.05) is 29.9 Å². The molecule has 2 heterocycles. The van der Waals surface area contributed by atoms with E-state index in [0.717, 1.165) is 34.6 Å². The molecule has 4 rings (SSSR count). The molecule has 9 nitrogen and oxygen atoms in total. The topological polar surface area (TPSA) is 127 Å². The molecule has 0 spiro atoms. The molecule has 12 heteroatoms. The third-order valence-electron chi connectivity index (χ3n) is 7.05. The maximum atomic E-state index is 13.5. The number of ether oxygens (including phenoxy) is 1. The van der Waals surface area contributed by atoms with Gasteiger partial charge >= 0.3 is 18.2 Å². The third-order valence-corrected chi connectivity index (χ3v) is 7.05. The number of benzene rings is 2. The quantitative estimate of drug-likeness (QED) is 0.320. The van der Waals surface area contributed by atoms with Crippen molar-refractivity contribution in [1.82, 2.24) is 4.90 Å². The Bertz CT molecular complexity index is 1600. The van der Waals surface area contributed by atoms with Crippen molar-refractivity contribution >= 4 is 23.6 Å². The zero-order valence-electron chi connectivity index (χ0n) is 22.9. The molecule has 2 amide bonds. The summed E-state index contributed by atoms with van der Waals surface area (Å²) in [4.78, 5) is 27.9. The van der Waals surface area contributed by atoms with E-state index in [4.69, 9.17) is 15.9 Å². The molecule has 0 radical (unpaired) electrons. The molecule has 0 aliphatic carbocycles. The number of hydrogen-bond donors (Lipinski definition) is 2. The number of guanidine groups is 1. The molecular weight excluding hydrogens is 549 g/mol. The number of amides is 2. The number of carbonyl (C=O) groups is 2. The molecular formula is C30H28F3N6O3+. The van der Waals surface area contributed by atoms with E-state index in [0.29, 0.717) is 24.1 Å². The van der Waals surface area contributed by atoms with Gasteiger partial charge in [0.2, 0.25) is 5.96 Å². The van der Waals surface area contributed by atoms with Crippen LogP contribution in [0.4, 0.5) is 23.7 Å². The number of primary amides is 1. The molecule has 1 aliphatic heterocycles. The van der Waals surface area contributed by atoms with Gasteiger partial charge in [0.1, 0.15) is 0 Å². The summed E-state index contributed by atoms with van der Waals surface area (Å²) in [5.74, 6) is -1.35. The van der Waals surface area contributed by atoms with Crippen LogP contribution >= 0.6 is 0 Å². The van der Waals surface area contributed by atoms with E-state index in [9.17, 15) is 28.0 Å². The maximum Gasteiger partial charge on any atom is 0.416 e. The van der Waals surface area contributed by atoms with Gasteiger partial charge in [-0.3, -0.25) is 15.2 Å². The molecule has 1 aliphatic rings. The van der Waals surface area contributed by atoms with E-state index < -0.39 is 35.7 Å². The number of urea groups is 1. The highest BCUT2D eigenvalue weighted by atomic mass is 19.4. The summed E-state index contributed by atoms with van der Waals surface area (Å²) >= 11 is 0. The summed E-state index contributed by atoms with van der Waals surface area (Å²) in [6, 6.07) is 14.9. The number of nitrogens with one attached hydrogen (secondary N) is 1. The van der Waals surface area contributed by atoms with Crippen LogP contribution in [-0.4, -0.2) is 36.0 Å². The van der Waals surface area contributed by atoms with E-state index >= 15 is 0 Å². The summed E-state index contributed by atoms with van der Waals surface area (Å²) in [5, 5.41) is 18.4. The largest absolute Gasteiger partial charge is 0.466 e. The van der Waals surface area contributed by atoms with Gasteiger partial charge in [-0.1, -0.05) is 18.2 Å². The van der Waals surface area contributed by atoms with Crippen molar-refractivity contribution in [1.29, 1.82) is 10.7 Å². The molecule has 3 aromatic rings. The van der Waals surface area contributed by atoms with E-state index in [1.54, 1.807) is 18.2 Å². The highest BCUT2D eigenvalue weighted by molar-refractivity contribution is 6.10. The van der Waals surface area contributed by atoms with E-state index in [2.05, 4.69) is 6.07 Å². The highest BCUT2D eigenvalue weighted by Crippen LogP contribution is 2.36. The van der Waals surface area contributed by atoms with Crippen molar-refractivity contribution < 1.29 is 32.1 Å². The van der Waals surface area contributed by atoms with Crippen LogP contribution in [-0.2, 0) is 35.1 Å². The lowest BCUT2D eigenvalue weighted by Gasteiger charge is -2.43. The van der Waals surface area contributed by atoms with Crippen LogP contribution in [0.2, 0.25) is 0 Å². The van der Waals surface area contributed by atoms with Gasteiger partial charge in [0.15, 0.2) is 18.9 Å². The molecule has 0 fully saturated rings. The molecule has 0 bridgehead atoms. The van der Waals surface area contributed by atoms with Crippen LogP contribution in [0.1, 0.15) is 29.2 Å². The van der Waals surface area contributed by atoms with E-state index in [1.165, 1.54) is 19.1 Å². The second-order valence-electron chi connectivity index (χ2n) is 9.58. The molecule has 1 aromatic heterocycles. The number of anilines is 1. The Kier molecular flexibility index (Phi) is 8.61. The average molecular weight is 578 g/mol. The lowest BCUT2D eigenvalue weighted by Crippen LogP contribution is -2.59. The lowest BCUT2D eigenvalue weighted by atomic mass is 9.89. The first-order valence-corrected chi connectivity index (χ1v) is 12.9. The van der Waals surface area contributed by atoms with Crippen molar-refractivity contribution in [3.63, 3.8) is 0 Å². The standard InChI is InChI=1S/C30H27F3N6O3/c1-19-26(27(40)42-2)25(16-21-10-9-20(18-34)15-22(21)11-14-37-12-4-3-5-13-37)39(29(36)41)28(35)38(19)24-8-6-7-23(17-24)30(31,32)33/h3-10,12-13,15,17,25,35H,11,14,16H2,1-2H3,(H-,36,41)/p+1. The van der Waals surface area contributed by atoms with Gasteiger partial charge < -0.3 is 10.5 Å². The van der Waals surface area contributed by atoms with Crippen LogP contribution in [0.25, 0.3) is 0 Å². The Morgan fingerprint density at radius 2 is 1.81 bits per heavy atom. The third kappa shape index (κ3) is 6.10. The van der Waals surface area contributed by atoms with Crippen molar-refractivity contribution in [3.8, 4) is 6.07 Å². The fourth-order valence-corrected chi connectivity index (χ4v) is 5.06. The van der Waals surface area contributed by atoms with Crippen LogP contribution in [0.3, 0.4) is 0 Å². The number of esters is 1. The van der Waals surface area contributed by atoms with Gasteiger partial charge in [0.25, 0.3) is 0 Å². The van der Waals surface area contributed by atoms with Crippen LogP contribution in [0, 0.1) is 16.7 Å². The molecule has 0 saturated heterocycles. The zero-order chi connectivity index (χ0) is 30.6. The Morgan fingerprint density at radius 1 is 1.10 bits per heavy atom. The molecule has 0 saturated carbocycles. The van der Waals surface area contributed by atoms with Gasteiger partial charge in [-0.25, -0.2) is 14.2 Å². The Hall–Kier alpha value is -5.18. The minimum atomic E-state index is -4.66. The fourth-order valence-electron chi connectivity index (χ4n) is 5.06. The number of alkyl halides is 3. The summed E-state index contributed by atoms with van der Waals surface area (Å²) in [6.07, 6.45) is -0.340. The van der Waals surface area contributed by atoms with Gasteiger partial charge in [-0.05, 0) is 54.8 Å². The predicted octanol–water partition coefficient (Wildman–Crippen LogP) is 4.30. The monoisotopic (exact) mass is 577 g/mol. The number of hydrogen-bond acceptors (Lipinski definition) is 5. The van der Waals surface area contributed by atoms with E-state index in [1.807, 2.05) is 35.2 Å². The SMILES string of the molecule is COC(=O)C1=C(C)N(c2cccc(C(F)(F)F)c2)C(=N)N(C(N)=O)C1Cc1ccc(C#N)cc1CC[n+]1ccccc1. The number of nitriles is 1. The number of methoxy groups -OCH3 is 1. The number of nitrogens with zero attached hydrogens (tertiary/aromatic N) is 4.